The molecule has 200 valence electrons. The van der Waals surface area contributed by atoms with Gasteiger partial charge in [0.15, 0.2) is 5.92 Å². The Bertz CT molecular complexity index is 1150. The molecule has 2 aliphatic heterocycles. The number of benzene rings is 2. The average molecular weight is 520 g/mol. The third kappa shape index (κ3) is 4.94. The number of carbonyl (C=O) groups is 3. The molecule has 9 nitrogen and oxygen atoms in total. The van der Waals surface area contributed by atoms with Crippen LogP contribution in [0.25, 0.3) is 0 Å². The van der Waals surface area contributed by atoms with Crippen LogP contribution in [-0.2, 0) is 23.8 Å². The molecule has 0 aromatic heterocycles. The van der Waals surface area contributed by atoms with E-state index in [1.165, 1.54) is 32.4 Å². The lowest BCUT2D eigenvalue weighted by atomic mass is 9.82. The van der Waals surface area contributed by atoms with E-state index in [2.05, 4.69) is 34.1 Å². The van der Waals surface area contributed by atoms with Gasteiger partial charge in [-0.15, -0.1) is 0 Å². The zero-order chi connectivity index (χ0) is 27.4. The summed E-state index contributed by atoms with van der Waals surface area (Å²) in [6.45, 7) is 0. The molecule has 0 radical (unpaired) electrons. The number of likely N-dealkylation sites (N-methyl/N-ethyl adjacent to an activating group) is 2. The standard InChI is InChI=1S/C29H33N3O6/c1-30-24(19-12-8-6-9-13-19)25(20-14-10-7-11-15-20)31(2)26(30)22-18-32(29(35)38-5)17-16-21(22)23(27(33)36-3)28(34)37-4/h6-18,21,23-26H,1-5H3/t21-,24+,25+/m1/s1. The van der Waals surface area contributed by atoms with Crippen molar-refractivity contribution in [2.75, 3.05) is 35.4 Å². The van der Waals surface area contributed by atoms with E-state index in [1.807, 2.05) is 50.5 Å². The van der Waals surface area contributed by atoms with E-state index in [1.54, 1.807) is 12.3 Å². The van der Waals surface area contributed by atoms with E-state index in [0.29, 0.717) is 5.57 Å². The summed E-state index contributed by atoms with van der Waals surface area (Å²) in [6.07, 6.45) is 3.80. The second-order valence-electron chi connectivity index (χ2n) is 9.31. The largest absolute Gasteiger partial charge is 0.468 e. The summed E-state index contributed by atoms with van der Waals surface area (Å²) in [5, 5.41) is 0. The summed E-state index contributed by atoms with van der Waals surface area (Å²) >= 11 is 0. The number of rotatable bonds is 6. The number of hydrogen-bond donors (Lipinski definition) is 0. The van der Waals surface area contributed by atoms with Gasteiger partial charge in [-0.05, 0) is 30.8 Å². The minimum absolute atomic E-state index is 0.0673. The molecule has 2 aliphatic rings. The molecule has 0 saturated carbocycles. The molecule has 1 saturated heterocycles. The van der Waals surface area contributed by atoms with Crippen LogP contribution >= 0.6 is 0 Å². The highest BCUT2D eigenvalue weighted by atomic mass is 16.5. The summed E-state index contributed by atoms with van der Waals surface area (Å²) in [4.78, 5) is 44.0. The van der Waals surface area contributed by atoms with Gasteiger partial charge in [-0.3, -0.25) is 24.3 Å². The van der Waals surface area contributed by atoms with Crippen LogP contribution in [0.4, 0.5) is 4.79 Å². The second kappa shape index (κ2) is 11.6. The van der Waals surface area contributed by atoms with Crippen molar-refractivity contribution in [1.29, 1.82) is 0 Å². The van der Waals surface area contributed by atoms with Gasteiger partial charge in [0.05, 0.1) is 39.6 Å². The Hall–Kier alpha value is -3.95. The van der Waals surface area contributed by atoms with Gasteiger partial charge >= 0.3 is 18.0 Å². The first-order chi connectivity index (χ1) is 18.3. The smallest absolute Gasteiger partial charge is 0.417 e. The fourth-order valence-corrected chi connectivity index (χ4v) is 5.63. The summed E-state index contributed by atoms with van der Waals surface area (Å²) in [6, 6.07) is 20.2. The first-order valence-electron chi connectivity index (χ1n) is 12.3. The fraction of sp³-hybridized carbons (Fsp3) is 0.345. The predicted molar refractivity (Wildman–Crippen MR) is 140 cm³/mol. The predicted octanol–water partition coefficient (Wildman–Crippen LogP) is 3.73. The molecule has 0 spiro atoms. The molecule has 0 unspecified atom stereocenters. The van der Waals surface area contributed by atoms with E-state index < -0.39 is 36.0 Å². The Kier molecular flexibility index (Phi) is 8.29. The molecule has 2 aromatic rings. The SMILES string of the molecule is COC(=O)C(C(=O)OC)[C@@H]1C=CN(C(=O)OC)C=C1C1N(C)[C@@H](c2ccccc2)[C@H](c2ccccc2)N1C. The van der Waals surface area contributed by atoms with Crippen molar-refractivity contribution >= 4 is 18.0 Å². The third-order valence-electron chi connectivity index (χ3n) is 7.31. The van der Waals surface area contributed by atoms with E-state index in [0.717, 1.165) is 11.1 Å². The van der Waals surface area contributed by atoms with E-state index in [9.17, 15) is 14.4 Å². The van der Waals surface area contributed by atoms with E-state index >= 15 is 0 Å². The highest BCUT2D eigenvalue weighted by Gasteiger charge is 2.50. The van der Waals surface area contributed by atoms with Gasteiger partial charge in [0.1, 0.15) is 0 Å². The van der Waals surface area contributed by atoms with Crippen LogP contribution in [0.15, 0.2) is 84.7 Å². The van der Waals surface area contributed by atoms with Crippen molar-refractivity contribution in [3.8, 4) is 0 Å². The molecule has 0 N–H and O–H groups in total. The summed E-state index contributed by atoms with van der Waals surface area (Å²) in [7, 11) is 7.78. The minimum Gasteiger partial charge on any atom is -0.468 e. The molecular formula is C29H33N3O6. The van der Waals surface area contributed by atoms with Gasteiger partial charge in [0.25, 0.3) is 0 Å². The molecule has 0 bridgehead atoms. The van der Waals surface area contributed by atoms with Crippen molar-refractivity contribution in [1.82, 2.24) is 14.7 Å². The van der Waals surface area contributed by atoms with Gasteiger partial charge < -0.3 is 14.2 Å². The summed E-state index contributed by atoms with van der Waals surface area (Å²) in [5.41, 5.74) is 2.89. The van der Waals surface area contributed by atoms with Crippen molar-refractivity contribution in [3.05, 3.63) is 95.8 Å². The molecule has 2 aromatic carbocycles. The van der Waals surface area contributed by atoms with Gasteiger partial charge in [0, 0.05) is 18.3 Å². The van der Waals surface area contributed by atoms with Crippen molar-refractivity contribution < 1.29 is 28.6 Å². The molecule has 4 rings (SSSR count). The Morgan fingerprint density at radius 3 is 1.63 bits per heavy atom. The number of allylic oxidation sites excluding steroid dienone is 1. The van der Waals surface area contributed by atoms with E-state index in [-0.39, 0.29) is 12.1 Å². The van der Waals surface area contributed by atoms with E-state index in [4.69, 9.17) is 14.2 Å². The Morgan fingerprint density at radius 1 is 0.737 bits per heavy atom. The third-order valence-corrected chi connectivity index (χ3v) is 7.31. The molecule has 1 amide bonds. The number of amides is 1. The lowest BCUT2D eigenvalue weighted by molar-refractivity contribution is -0.160. The Balaban J connectivity index is 1.87. The van der Waals surface area contributed by atoms with Crippen LogP contribution in [-0.4, -0.2) is 74.3 Å². The minimum atomic E-state index is -1.25. The van der Waals surface area contributed by atoms with Crippen LogP contribution in [0, 0.1) is 11.8 Å². The molecule has 2 heterocycles. The fourth-order valence-electron chi connectivity index (χ4n) is 5.63. The van der Waals surface area contributed by atoms with Crippen LogP contribution in [0.3, 0.4) is 0 Å². The monoisotopic (exact) mass is 519 g/mol. The van der Waals surface area contributed by atoms with Crippen LogP contribution in [0.1, 0.15) is 23.2 Å². The molecule has 9 heteroatoms. The maximum absolute atomic E-state index is 12.9. The number of ether oxygens (including phenoxy) is 3. The lowest BCUT2D eigenvalue weighted by Crippen LogP contribution is -2.45. The summed E-state index contributed by atoms with van der Waals surface area (Å²) in [5.74, 6) is -3.41. The zero-order valence-corrected chi connectivity index (χ0v) is 22.2. The molecule has 3 atom stereocenters. The molecule has 0 aliphatic carbocycles. The maximum atomic E-state index is 12.9. The van der Waals surface area contributed by atoms with Crippen LogP contribution < -0.4 is 0 Å². The number of hydrogen-bond acceptors (Lipinski definition) is 8. The first kappa shape index (κ1) is 27.1. The summed E-state index contributed by atoms with van der Waals surface area (Å²) < 4.78 is 14.9. The van der Waals surface area contributed by atoms with Crippen LogP contribution in [0.2, 0.25) is 0 Å². The average Bonchev–Trinajstić information content (AvgIpc) is 3.22. The van der Waals surface area contributed by atoms with Crippen molar-refractivity contribution in [2.24, 2.45) is 11.8 Å². The van der Waals surface area contributed by atoms with Gasteiger partial charge in [-0.2, -0.15) is 0 Å². The zero-order valence-electron chi connectivity index (χ0n) is 22.2. The van der Waals surface area contributed by atoms with Gasteiger partial charge in [-0.1, -0.05) is 66.7 Å². The number of carbonyl (C=O) groups excluding carboxylic acids is 3. The maximum Gasteiger partial charge on any atom is 0.417 e. The number of methoxy groups -OCH3 is 3. The van der Waals surface area contributed by atoms with Gasteiger partial charge in [-0.25, -0.2) is 4.79 Å². The van der Waals surface area contributed by atoms with Crippen LogP contribution in [0.5, 0.6) is 0 Å². The van der Waals surface area contributed by atoms with Gasteiger partial charge in [0.2, 0.25) is 0 Å². The quantitative estimate of drug-likeness (QED) is 0.324. The highest BCUT2D eigenvalue weighted by Crippen LogP contribution is 2.49. The molecular weight excluding hydrogens is 486 g/mol. The van der Waals surface area contributed by atoms with Crippen molar-refractivity contribution in [3.63, 3.8) is 0 Å². The molecule has 38 heavy (non-hydrogen) atoms. The molecule has 1 fully saturated rings. The second-order valence-corrected chi connectivity index (χ2v) is 9.31. The number of nitrogens with zero attached hydrogens (tertiary/aromatic N) is 3. The Labute approximate surface area is 222 Å². The Morgan fingerprint density at radius 2 is 1.21 bits per heavy atom. The lowest BCUT2D eigenvalue weighted by Gasteiger charge is -2.37. The van der Waals surface area contributed by atoms with Crippen molar-refractivity contribution in [2.45, 2.75) is 18.2 Å². The highest BCUT2D eigenvalue weighted by molar-refractivity contribution is 5.96. The topological polar surface area (TPSA) is 88.6 Å². The number of esters is 2. The first-order valence-corrected chi connectivity index (χ1v) is 12.3. The normalized spacial score (nSPS) is 22.3.